The summed E-state index contributed by atoms with van der Waals surface area (Å²) < 4.78 is 0. The van der Waals surface area contributed by atoms with E-state index in [-0.39, 0.29) is 0 Å². The van der Waals surface area contributed by atoms with Gasteiger partial charge in [-0.1, -0.05) is 18.2 Å². The van der Waals surface area contributed by atoms with E-state index in [1.54, 1.807) is 18.3 Å². The Kier molecular flexibility index (Phi) is 5.30. The lowest BCUT2D eigenvalue weighted by Crippen LogP contribution is -2.30. The number of nitrogens with zero attached hydrogens (tertiary/aromatic N) is 1. The Morgan fingerprint density at radius 2 is 2.04 bits per heavy atom. The SMILES string of the molecule is NC=C(C=NC1CCNCC1)Nc1ccc(N)c2c(C=O)cccc12. The zero-order valence-corrected chi connectivity index (χ0v) is 14.0. The van der Waals surface area contributed by atoms with Crippen LogP contribution in [-0.4, -0.2) is 31.6 Å². The van der Waals surface area contributed by atoms with E-state index in [9.17, 15) is 4.79 Å². The molecule has 0 radical (unpaired) electrons. The molecule has 0 aliphatic carbocycles. The van der Waals surface area contributed by atoms with Crippen LogP contribution in [0, 0.1) is 0 Å². The molecule has 6 nitrogen and oxygen atoms in total. The third kappa shape index (κ3) is 3.80. The van der Waals surface area contributed by atoms with Crippen molar-refractivity contribution in [3.8, 4) is 0 Å². The number of hydrogen-bond donors (Lipinski definition) is 4. The van der Waals surface area contributed by atoms with Gasteiger partial charge in [-0.3, -0.25) is 9.79 Å². The number of hydrogen-bond acceptors (Lipinski definition) is 6. The number of nitrogens with two attached hydrogens (primary N) is 2. The van der Waals surface area contributed by atoms with E-state index >= 15 is 0 Å². The van der Waals surface area contributed by atoms with Gasteiger partial charge in [0.25, 0.3) is 0 Å². The molecule has 0 unspecified atom stereocenters. The van der Waals surface area contributed by atoms with Crippen LogP contribution < -0.4 is 22.1 Å². The van der Waals surface area contributed by atoms with Crippen molar-refractivity contribution in [1.29, 1.82) is 0 Å². The molecule has 2 aromatic rings. The fourth-order valence-corrected chi connectivity index (χ4v) is 3.08. The predicted octanol–water partition coefficient (Wildman–Crippen LogP) is 2.27. The van der Waals surface area contributed by atoms with E-state index in [0.717, 1.165) is 48.7 Å². The van der Waals surface area contributed by atoms with Crippen molar-refractivity contribution in [1.82, 2.24) is 5.32 Å². The number of piperidine rings is 1. The van der Waals surface area contributed by atoms with Gasteiger partial charge in [0.15, 0.2) is 6.29 Å². The molecular formula is C19H23N5O. The first-order valence-electron chi connectivity index (χ1n) is 8.42. The van der Waals surface area contributed by atoms with Crippen molar-refractivity contribution in [2.24, 2.45) is 10.7 Å². The second-order valence-corrected chi connectivity index (χ2v) is 6.10. The molecule has 2 aromatic carbocycles. The maximum atomic E-state index is 11.3. The number of nitrogen functional groups attached to an aromatic ring is 1. The quantitative estimate of drug-likeness (QED) is 0.380. The molecule has 1 aliphatic heterocycles. The number of carbonyl (C=O) groups is 1. The van der Waals surface area contributed by atoms with Crippen molar-refractivity contribution in [2.75, 3.05) is 24.1 Å². The minimum absolute atomic E-state index is 0.322. The summed E-state index contributed by atoms with van der Waals surface area (Å²) >= 11 is 0. The van der Waals surface area contributed by atoms with Gasteiger partial charge in [0.1, 0.15) is 0 Å². The van der Waals surface area contributed by atoms with E-state index in [1.807, 2.05) is 18.2 Å². The van der Waals surface area contributed by atoms with Gasteiger partial charge < -0.3 is 22.1 Å². The Labute approximate surface area is 147 Å². The van der Waals surface area contributed by atoms with Gasteiger partial charge in [-0.15, -0.1) is 0 Å². The average molecular weight is 337 g/mol. The molecule has 0 amide bonds. The molecule has 1 fully saturated rings. The second kappa shape index (κ2) is 7.81. The summed E-state index contributed by atoms with van der Waals surface area (Å²) in [6.45, 7) is 1.99. The Morgan fingerprint density at radius 3 is 2.76 bits per heavy atom. The fourth-order valence-electron chi connectivity index (χ4n) is 3.08. The van der Waals surface area contributed by atoms with Crippen molar-refractivity contribution in [3.63, 3.8) is 0 Å². The number of nitrogens with one attached hydrogen (secondary N) is 2. The van der Waals surface area contributed by atoms with E-state index in [2.05, 4.69) is 15.6 Å². The Morgan fingerprint density at radius 1 is 1.24 bits per heavy atom. The zero-order valence-electron chi connectivity index (χ0n) is 14.0. The van der Waals surface area contributed by atoms with Gasteiger partial charge in [-0.25, -0.2) is 0 Å². The number of aliphatic imine (C=N–C) groups is 1. The van der Waals surface area contributed by atoms with E-state index < -0.39 is 0 Å². The zero-order chi connectivity index (χ0) is 17.6. The molecule has 1 saturated heterocycles. The number of allylic oxidation sites excluding steroid dienone is 1. The number of carbonyl (C=O) groups excluding carboxylic acids is 1. The first kappa shape index (κ1) is 17.0. The molecule has 0 saturated carbocycles. The molecule has 1 aliphatic rings. The van der Waals surface area contributed by atoms with Gasteiger partial charge in [0.05, 0.1) is 11.7 Å². The molecule has 0 aromatic heterocycles. The third-order valence-electron chi connectivity index (χ3n) is 4.42. The smallest absolute Gasteiger partial charge is 0.150 e. The summed E-state index contributed by atoms with van der Waals surface area (Å²) in [5.41, 5.74) is 14.5. The van der Waals surface area contributed by atoms with Crippen LogP contribution >= 0.6 is 0 Å². The first-order valence-corrected chi connectivity index (χ1v) is 8.42. The van der Waals surface area contributed by atoms with Gasteiger partial charge in [0.2, 0.25) is 0 Å². The highest BCUT2D eigenvalue weighted by Gasteiger charge is 2.11. The minimum Gasteiger partial charge on any atom is -0.403 e. The third-order valence-corrected chi connectivity index (χ3v) is 4.42. The lowest BCUT2D eigenvalue weighted by Gasteiger charge is -2.19. The Hall–Kier alpha value is -2.86. The topological polar surface area (TPSA) is 106 Å². The molecule has 3 rings (SSSR count). The summed E-state index contributed by atoms with van der Waals surface area (Å²) in [6, 6.07) is 9.52. The second-order valence-electron chi connectivity index (χ2n) is 6.10. The van der Waals surface area contributed by atoms with Crippen LogP contribution in [0.2, 0.25) is 0 Å². The summed E-state index contributed by atoms with van der Waals surface area (Å²) in [4.78, 5) is 15.9. The fraction of sp³-hybridized carbons (Fsp3) is 0.263. The first-order chi connectivity index (χ1) is 12.2. The molecule has 0 atom stereocenters. The Bertz CT molecular complexity index is 822. The molecule has 6 N–H and O–H groups in total. The molecule has 0 spiro atoms. The number of fused-ring (bicyclic) bond motifs is 1. The number of benzene rings is 2. The molecule has 25 heavy (non-hydrogen) atoms. The summed E-state index contributed by atoms with van der Waals surface area (Å²) in [7, 11) is 0. The number of anilines is 2. The molecular weight excluding hydrogens is 314 g/mol. The highest BCUT2D eigenvalue weighted by Crippen LogP contribution is 2.31. The van der Waals surface area contributed by atoms with Crippen LogP contribution in [0.25, 0.3) is 10.8 Å². The summed E-state index contributed by atoms with van der Waals surface area (Å²) in [5, 5.41) is 8.23. The number of aldehydes is 1. The van der Waals surface area contributed by atoms with E-state index in [0.29, 0.717) is 23.0 Å². The normalized spacial score (nSPS) is 16.4. The monoisotopic (exact) mass is 337 g/mol. The maximum Gasteiger partial charge on any atom is 0.150 e. The summed E-state index contributed by atoms with van der Waals surface area (Å²) in [6.07, 6.45) is 6.16. The molecule has 130 valence electrons. The standard InChI is InChI=1S/C19H23N5O/c20-10-15(11-23-14-6-8-22-9-7-14)24-18-5-4-17(21)19-13(12-25)2-1-3-16(18)19/h1-5,10-12,14,22,24H,6-9,20-21H2. The molecule has 6 heteroatoms. The van der Waals surface area contributed by atoms with Crippen LogP contribution in [0.3, 0.4) is 0 Å². The van der Waals surface area contributed by atoms with Crippen LogP contribution in [0.4, 0.5) is 11.4 Å². The predicted molar refractivity (Wildman–Crippen MR) is 104 cm³/mol. The van der Waals surface area contributed by atoms with Crippen molar-refractivity contribution in [2.45, 2.75) is 18.9 Å². The highest BCUT2D eigenvalue weighted by atomic mass is 16.1. The van der Waals surface area contributed by atoms with Gasteiger partial charge in [-0.05, 0) is 38.1 Å². The van der Waals surface area contributed by atoms with Crippen molar-refractivity contribution >= 4 is 34.6 Å². The molecule has 1 heterocycles. The average Bonchev–Trinajstić information content (AvgIpc) is 2.67. The van der Waals surface area contributed by atoms with Crippen molar-refractivity contribution < 1.29 is 4.79 Å². The Balaban J connectivity index is 1.87. The highest BCUT2D eigenvalue weighted by molar-refractivity contribution is 6.10. The van der Waals surface area contributed by atoms with E-state index in [4.69, 9.17) is 11.5 Å². The summed E-state index contributed by atoms with van der Waals surface area (Å²) in [5.74, 6) is 0. The lowest BCUT2D eigenvalue weighted by atomic mass is 10.0. The minimum atomic E-state index is 0.322. The van der Waals surface area contributed by atoms with Gasteiger partial charge in [-0.2, -0.15) is 0 Å². The largest absolute Gasteiger partial charge is 0.403 e. The molecule has 0 bridgehead atoms. The van der Waals surface area contributed by atoms with Crippen LogP contribution in [-0.2, 0) is 0 Å². The van der Waals surface area contributed by atoms with Crippen LogP contribution in [0.5, 0.6) is 0 Å². The van der Waals surface area contributed by atoms with Crippen LogP contribution in [0.15, 0.2) is 47.2 Å². The lowest BCUT2D eigenvalue weighted by molar-refractivity contribution is 0.112. The van der Waals surface area contributed by atoms with Crippen molar-refractivity contribution in [3.05, 3.63) is 47.8 Å². The maximum absolute atomic E-state index is 11.3. The number of rotatable bonds is 5. The van der Waals surface area contributed by atoms with Gasteiger partial charge >= 0.3 is 0 Å². The van der Waals surface area contributed by atoms with E-state index in [1.165, 1.54) is 6.20 Å². The van der Waals surface area contributed by atoms with Crippen LogP contribution in [0.1, 0.15) is 23.2 Å². The van der Waals surface area contributed by atoms with Gasteiger partial charge in [0, 0.05) is 40.1 Å².